The van der Waals surface area contributed by atoms with Gasteiger partial charge < -0.3 is 10.6 Å². The maximum atomic E-state index is 12.2. The average molecular weight is 272 g/mol. The number of hydrogen-bond acceptors (Lipinski definition) is 4. The minimum atomic E-state index is -3.04. The first-order chi connectivity index (χ1) is 8.28. The standard InChI is InChI=1S/C12H20N2O3S/c1-4-6-14(12(15)11(13)9(2)3)10-5-7-18(16,17)8-10/h1,9-11H,5-8,13H2,2-3H3/t10?,11-/m0/s1. The van der Waals surface area contributed by atoms with E-state index in [1.165, 1.54) is 4.90 Å². The van der Waals surface area contributed by atoms with Crippen molar-refractivity contribution in [3.63, 3.8) is 0 Å². The van der Waals surface area contributed by atoms with Crippen LogP contribution in [0.4, 0.5) is 0 Å². The topological polar surface area (TPSA) is 80.5 Å². The third-order valence-electron chi connectivity index (χ3n) is 3.20. The highest BCUT2D eigenvalue weighted by atomic mass is 32.2. The number of rotatable bonds is 4. The molecular weight excluding hydrogens is 252 g/mol. The second-order valence-electron chi connectivity index (χ2n) is 5.00. The van der Waals surface area contributed by atoms with Crippen LogP contribution in [-0.4, -0.2) is 49.4 Å². The van der Waals surface area contributed by atoms with Crippen LogP contribution in [0.1, 0.15) is 20.3 Å². The Labute approximate surface area is 109 Å². The lowest BCUT2D eigenvalue weighted by atomic mass is 10.0. The Morgan fingerprint density at radius 3 is 2.56 bits per heavy atom. The molecule has 1 amide bonds. The fourth-order valence-electron chi connectivity index (χ4n) is 1.98. The van der Waals surface area contributed by atoms with Gasteiger partial charge in [0.05, 0.1) is 24.1 Å². The van der Waals surface area contributed by atoms with E-state index in [9.17, 15) is 13.2 Å². The molecule has 0 radical (unpaired) electrons. The van der Waals surface area contributed by atoms with Gasteiger partial charge in [-0.2, -0.15) is 0 Å². The first kappa shape index (κ1) is 15.0. The Kier molecular flexibility index (Phi) is 4.77. The fourth-order valence-corrected chi connectivity index (χ4v) is 3.71. The Hall–Kier alpha value is -1.06. The SMILES string of the molecule is C#CCN(C(=O)[C@@H](N)C(C)C)C1CCS(=O)(=O)C1. The third-order valence-corrected chi connectivity index (χ3v) is 4.95. The molecule has 102 valence electrons. The normalized spacial score (nSPS) is 23.6. The minimum absolute atomic E-state index is 0.00390. The molecule has 1 saturated heterocycles. The van der Waals surface area contributed by atoms with E-state index in [2.05, 4.69) is 5.92 Å². The highest BCUT2D eigenvalue weighted by Gasteiger charge is 2.36. The van der Waals surface area contributed by atoms with Crippen LogP contribution in [-0.2, 0) is 14.6 Å². The van der Waals surface area contributed by atoms with E-state index in [0.717, 1.165) is 0 Å². The molecule has 2 atom stereocenters. The summed E-state index contributed by atoms with van der Waals surface area (Å²) in [6.45, 7) is 3.81. The van der Waals surface area contributed by atoms with Crippen molar-refractivity contribution in [1.29, 1.82) is 0 Å². The first-order valence-corrected chi connectivity index (χ1v) is 7.80. The highest BCUT2D eigenvalue weighted by molar-refractivity contribution is 7.91. The number of nitrogens with zero attached hydrogens (tertiary/aromatic N) is 1. The lowest BCUT2D eigenvalue weighted by molar-refractivity contribution is -0.134. The van der Waals surface area contributed by atoms with Crippen molar-refractivity contribution in [1.82, 2.24) is 4.90 Å². The van der Waals surface area contributed by atoms with Gasteiger partial charge in [0.2, 0.25) is 5.91 Å². The molecule has 18 heavy (non-hydrogen) atoms. The van der Waals surface area contributed by atoms with Crippen molar-refractivity contribution in [3.8, 4) is 12.3 Å². The van der Waals surface area contributed by atoms with Crippen molar-refractivity contribution in [2.75, 3.05) is 18.1 Å². The van der Waals surface area contributed by atoms with Gasteiger partial charge in [-0.3, -0.25) is 4.79 Å². The average Bonchev–Trinajstić information content (AvgIpc) is 2.64. The lowest BCUT2D eigenvalue weighted by Gasteiger charge is -2.30. The maximum Gasteiger partial charge on any atom is 0.240 e. The van der Waals surface area contributed by atoms with Crippen LogP contribution in [0.5, 0.6) is 0 Å². The predicted octanol–water partition coefficient (Wildman–Crippen LogP) is -0.381. The molecule has 0 aromatic heterocycles. The molecule has 6 heteroatoms. The number of carbonyl (C=O) groups is 1. The van der Waals surface area contributed by atoms with Gasteiger partial charge in [0.1, 0.15) is 0 Å². The van der Waals surface area contributed by atoms with Gasteiger partial charge >= 0.3 is 0 Å². The van der Waals surface area contributed by atoms with Gasteiger partial charge in [-0.15, -0.1) is 6.42 Å². The van der Waals surface area contributed by atoms with Crippen LogP contribution < -0.4 is 5.73 Å². The number of sulfone groups is 1. The number of carbonyl (C=O) groups excluding carboxylic acids is 1. The first-order valence-electron chi connectivity index (χ1n) is 5.98. The van der Waals surface area contributed by atoms with Crippen LogP contribution >= 0.6 is 0 Å². The molecule has 0 saturated carbocycles. The van der Waals surface area contributed by atoms with Gasteiger partial charge in [-0.1, -0.05) is 19.8 Å². The molecule has 0 aromatic carbocycles. The second-order valence-corrected chi connectivity index (χ2v) is 7.23. The minimum Gasteiger partial charge on any atom is -0.326 e. The van der Waals surface area contributed by atoms with E-state index >= 15 is 0 Å². The van der Waals surface area contributed by atoms with Gasteiger partial charge in [0.25, 0.3) is 0 Å². The molecule has 0 bridgehead atoms. The molecule has 1 fully saturated rings. The molecule has 1 aliphatic heterocycles. The van der Waals surface area contributed by atoms with Crippen molar-refractivity contribution in [2.45, 2.75) is 32.4 Å². The molecule has 2 N–H and O–H groups in total. The molecule has 1 rings (SSSR count). The summed E-state index contributed by atoms with van der Waals surface area (Å²) in [5, 5.41) is 0. The van der Waals surface area contributed by atoms with Gasteiger partial charge in [-0.25, -0.2) is 8.42 Å². The summed E-state index contributed by atoms with van der Waals surface area (Å²) in [5.74, 6) is 2.24. The Morgan fingerprint density at radius 2 is 2.17 bits per heavy atom. The molecule has 0 spiro atoms. The maximum absolute atomic E-state index is 12.2. The second kappa shape index (κ2) is 5.72. The lowest BCUT2D eigenvalue weighted by Crippen LogP contribution is -2.51. The zero-order chi connectivity index (χ0) is 13.9. The summed E-state index contributed by atoms with van der Waals surface area (Å²) in [4.78, 5) is 13.6. The van der Waals surface area contributed by atoms with Gasteiger partial charge in [0, 0.05) is 6.04 Å². The Morgan fingerprint density at radius 1 is 1.56 bits per heavy atom. The summed E-state index contributed by atoms with van der Waals surface area (Å²) in [6, 6.07) is -0.968. The van der Waals surface area contributed by atoms with Crippen molar-refractivity contribution in [3.05, 3.63) is 0 Å². The van der Waals surface area contributed by atoms with Crippen LogP contribution in [0.15, 0.2) is 0 Å². The molecule has 1 aliphatic rings. The van der Waals surface area contributed by atoms with Crippen LogP contribution in [0, 0.1) is 18.3 Å². The Balaban J connectivity index is 2.84. The van der Waals surface area contributed by atoms with E-state index in [1.54, 1.807) is 0 Å². The van der Waals surface area contributed by atoms with E-state index in [1.807, 2.05) is 13.8 Å². The van der Waals surface area contributed by atoms with Crippen molar-refractivity contribution >= 4 is 15.7 Å². The van der Waals surface area contributed by atoms with Crippen molar-refractivity contribution in [2.24, 2.45) is 11.7 Å². The Bertz CT molecular complexity index is 450. The quantitative estimate of drug-likeness (QED) is 0.707. The molecule has 5 nitrogen and oxygen atoms in total. The van der Waals surface area contributed by atoms with Crippen LogP contribution in [0.25, 0.3) is 0 Å². The summed E-state index contributed by atoms with van der Waals surface area (Å²) < 4.78 is 22.9. The third kappa shape index (κ3) is 3.47. The van der Waals surface area contributed by atoms with Crippen LogP contribution in [0.2, 0.25) is 0 Å². The number of amides is 1. The van der Waals surface area contributed by atoms with Crippen molar-refractivity contribution < 1.29 is 13.2 Å². The summed E-state index contributed by atoms with van der Waals surface area (Å²) in [6.07, 6.45) is 5.69. The largest absolute Gasteiger partial charge is 0.326 e. The molecular formula is C12H20N2O3S. The van der Waals surface area contributed by atoms with Crippen LogP contribution in [0.3, 0.4) is 0 Å². The van der Waals surface area contributed by atoms with Gasteiger partial charge in [0.15, 0.2) is 9.84 Å². The van der Waals surface area contributed by atoms with E-state index in [4.69, 9.17) is 12.2 Å². The van der Waals surface area contributed by atoms with E-state index < -0.39 is 15.9 Å². The number of terminal acetylenes is 1. The fraction of sp³-hybridized carbons (Fsp3) is 0.750. The smallest absolute Gasteiger partial charge is 0.240 e. The summed E-state index contributed by atoms with van der Waals surface area (Å²) >= 11 is 0. The molecule has 0 aromatic rings. The number of hydrogen-bond donors (Lipinski definition) is 1. The van der Waals surface area contributed by atoms with Gasteiger partial charge in [-0.05, 0) is 12.3 Å². The number of nitrogens with two attached hydrogens (primary N) is 1. The predicted molar refractivity (Wildman–Crippen MR) is 70.4 cm³/mol. The monoisotopic (exact) mass is 272 g/mol. The summed E-state index contributed by atoms with van der Waals surface area (Å²) in [7, 11) is -3.04. The molecule has 0 aliphatic carbocycles. The zero-order valence-corrected chi connectivity index (χ0v) is 11.6. The molecule has 1 heterocycles. The summed E-state index contributed by atoms with van der Waals surface area (Å²) in [5.41, 5.74) is 5.82. The van der Waals surface area contributed by atoms with E-state index in [-0.39, 0.29) is 35.9 Å². The highest BCUT2D eigenvalue weighted by Crippen LogP contribution is 2.19. The van der Waals surface area contributed by atoms with E-state index in [0.29, 0.717) is 6.42 Å². The molecule has 1 unspecified atom stereocenters. The zero-order valence-electron chi connectivity index (χ0n) is 10.8.